The van der Waals surface area contributed by atoms with Crippen molar-refractivity contribution < 1.29 is 13.9 Å². The van der Waals surface area contributed by atoms with E-state index < -0.39 is 6.55 Å². The molecule has 4 nitrogen and oxygen atoms in total. The number of alkyl halides is 2. The number of aromatic nitrogens is 2. The zero-order valence-electron chi connectivity index (χ0n) is 11.0. The van der Waals surface area contributed by atoms with E-state index in [4.69, 9.17) is 5.11 Å². The number of hydrogen-bond donors (Lipinski definition) is 1. The molecule has 0 atom stereocenters. The highest BCUT2D eigenvalue weighted by Gasteiger charge is 2.23. The quantitative estimate of drug-likeness (QED) is 0.865. The van der Waals surface area contributed by atoms with Crippen LogP contribution in [0.15, 0.2) is 12.4 Å². The summed E-state index contributed by atoms with van der Waals surface area (Å²) in [6, 6.07) is 0.378. The topological polar surface area (TPSA) is 41.3 Å². The Morgan fingerprint density at radius 3 is 2.74 bits per heavy atom. The molecule has 1 fully saturated rings. The van der Waals surface area contributed by atoms with Gasteiger partial charge in [0.2, 0.25) is 0 Å². The van der Waals surface area contributed by atoms with Crippen molar-refractivity contribution in [2.75, 3.05) is 13.2 Å². The van der Waals surface area contributed by atoms with Crippen LogP contribution in [0.5, 0.6) is 0 Å². The Hall–Kier alpha value is -1.01. The van der Waals surface area contributed by atoms with Crippen LogP contribution in [-0.4, -0.2) is 38.8 Å². The molecule has 2 rings (SSSR count). The van der Waals surface area contributed by atoms with Gasteiger partial charge in [0, 0.05) is 25.0 Å². The molecule has 1 aromatic heterocycles. The van der Waals surface area contributed by atoms with E-state index in [-0.39, 0.29) is 6.61 Å². The average Bonchev–Trinajstić information content (AvgIpc) is 2.88. The lowest BCUT2D eigenvalue weighted by atomic mass is 9.94. The fourth-order valence-corrected chi connectivity index (χ4v) is 2.79. The average molecular weight is 273 g/mol. The first kappa shape index (κ1) is 14.4. The van der Waals surface area contributed by atoms with E-state index in [1.54, 1.807) is 0 Å². The van der Waals surface area contributed by atoms with E-state index in [1.807, 2.05) is 0 Å². The summed E-state index contributed by atoms with van der Waals surface area (Å²) < 4.78 is 26.5. The molecule has 0 aromatic carbocycles. The van der Waals surface area contributed by atoms with Crippen molar-refractivity contribution >= 4 is 0 Å². The summed E-state index contributed by atoms with van der Waals surface area (Å²) in [4.78, 5) is 6.10. The highest BCUT2D eigenvalue weighted by Crippen LogP contribution is 2.24. The van der Waals surface area contributed by atoms with Crippen LogP contribution in [0.3, 0.4) is 0 Å². The van der Waals surface area contributed by atoms with Crippen molar-refractivity contribution in [2.45, 2.75) is 51.2 Å². The third-order valence-corrected chi connectivity index (χ3v) is 3.78. The van der Waals surface area contributed by atoms with Crippen LogP contribution in [0.25, 0.3) is 0 Å². The summed E-state index contributed by atoms with van der Waals surface area (Å²) >= 11 is 0. The second-order valence-electron chi connectivity index (χ2n) is 5.01. The number of imidazole rings is 1. The number of aliphatic hydroxyl groups excluding tert-OH is 1. The summed E-state index contributed by atoms with van der Waals surface area (Å²) in [5.74, 6) is 0.369. The Bertz CT molecular complexity index is 378. The van der Waals surface area contributed by atoms with Crippen molar-refractivity contribution in [3.8, 4) is 0 Å². The fourth-order valence-electron chi connectivity index (χ4n) is 2.79. The first-order valence-electron chi connectivity index (χ1n) is 6.87. The Kier molecular flexibility index (Phi) is 5.27. The second kappa shape index (κ2) is 6.96. The van der Waals surface area contributed by atoms with Gasteiger partial charge in [-0.3, -0.25) is 9.47 Å². The molecule has 0 spiro atoms. The molecule has 1 aliphatic rings. The molecular formula is C13H21F2N3O. The van der Waals surface area contributed by atoms with Gasteiger partial charge in [0.15, 0.2) is 0 Å². The molecule has 0 amide bonds. The van der Waals surface area contributed by atoms with Crippen LogP contribution < -0.4 is 0 Å². The van der Waals surface area contributed by atoms with Crippen molar-refractivity contribution in [1.29, 1.82) is 0 Å². The van der Waals surface area contributed by atoms with Gasteiger partial charge in [0.05, 0.1) is 13.2 Å². The molecule has 108 valence electrons. The minimum atomic E-state index is -2.56. The first-order chi connectivity index (χ1) is 9.22. The molecular weight excluding hydrogens is 252 g/mol. The molecule has 1 aliphatic carbocycles. The largest absolute Gasteiger partial charge is 0.395 e. The highest BCUT2D eigenvalue weighted by molar-refractivity contribution is 4.94. The Morgan fingerprint density at radius 2 is 2.11 bits per heavy atom. The van der Waals surface area contributed by atoms with Crippen LogP contribution in [0.1, 0.15) is 44.5 Å². The van der Waals surface area contributed by atoms with E-state index in [0.717, 1.165) is 17.4 Å². The predicted octanol–water partition coefficient (Wildman–Crippen LogP) is 2.41. The minimum absolute atomic E-state index is 0.0475. The molecule has 1 N–H and O–H groups in total. The number of nitrogens with zero attached hydrogens (tertiary/aromatic N) is 3. The smallest absolute Gasteiger partial charge is 0.319 e. The van der Waals surface area contributed by atoms with Gasteiger partial charge in [-0.15, -0.1) is 0 Å². The Labute approximate surface area is 112 Å². The zero-order chi connectivity index (χ0) is 13.7. The predicted molar refractivity (Wildman–Crippen MR) is 67.8 cm³/mol. The van der Waals surface area contributed by atoms with Crippen LogP contribution in [0.4, 0.5) is 8.78 Å². The van der Waals surface area contributed by atoms with E-state index in [0.29, 0.717) is 25.0 Å². The number of hydrogen-bond acceptors (Lipinski definition) is 3. The molecule has 0 radical (unpaired) electrons. The Morgan fingerprint density at radius 1 is 1.37 bits per heavy atom. The van der Waals surface area contributed by atoms with E-state index in [1.165, 1.54) is 31.7 Å². The number of rotatable bonds is 6. The zero-order valence-corrected chi connectivity index (χ0v) is 11.0. The first-order valence-corrected chi connectivity index (χ1v) is 6.87. The monoisotopic (exact) mass is 273 g/mol. The van der Waals surface area contributed by atoms with Crippen LogP contribution in [0, 0.1) is 0 Å². The number of aliphatic hydroxyl groups is 1. The van der Waals surface area contributed by atoms with Gasteiger partial charge < -0.3 is 5.11 Å². The van der Waals surface area contributed by atoms with Gasteiger partial charge in [-0.1, -0.05) is 19.3 Å². The highest BCUT2D eigenvalue weighted by atomic mass is 19.3. The third-order valence-electron chi connectivity index (χ3n) is 3.78. The maximum Gasteiger partial charge on any atom is 0.319 e. The maximum atomic E-state index is 12.8. The van der Waals surface area contributed by atoms with Crippen molar-refractivity contribution in [2.24, 2.45) is 0 Å². The van der Waals surface area contributed by atoms with Gasteiger partial charge in [-0.25, -0.2) is 4.98 Å². The summed E-state index contributed by atoms with van der Waals surface area (Å²) in [5, 5.41) is 9.16. The van der Waals surface area contributed by atoms with Crippen LogP contribution in [0.2, 0.25) is 0 Å². The van der Waals surface area contributed by atoms with Gasteiger partial charge in [-0.05, 0) is 12.8 Å². The fraction of sp³-hybridized carbons (Fsp3) is 0.769. The van der Waals surface area contributed by atoms with E-state index in [9.17, 15) is 8.78 Å². The van der Waals surface area contributed by atoms with E-state index in [2.05, 4.69) is 9.88 Å². The lowest BCUT2D eigenvalue weighted by Crippen LogP contribution is -2.39. The summed E-state index contributed by atoms with van der Waals surface area (Å²) in [7, 11) is 0. The van der Waals surface area contributed by atoms with Crippen LogP contribution in [-0.2, 0) is 6.54 Å². The van der Waals surface area contributed by atoms with Crippen molar-refractivity contribution in [3.63, 3.8) is 0 Å². The Balaban J connectivity index is 2.04. The van der Waals surface area contributed by atoms with Gasteiger partial charge in [0.1, 0.15) is 5.82 Å². The van der Waals surface area contributed by atoms with Crippen molar-refractivity contribution in [1.82, 2.24) is 14.5 Å². The second-order valence-corrected chi connectivity index (χ2v) is 5.01. The summed E-state index contributed by atoms with van der Waals surface area (Å²) in [6.07, 6.45) is 8.46. The van der Waals surface area contributed by atoms with E-state index >= 15 is 0 Å². The molecule has 0 bridgehead atoms. The van der Waals surface area contributed by atoms with Gasteiger partial charge in [0.25, 0.3) is 0 Å². The van der Waals surface area contributed by atoms with Crippen molar-refractivity contribution in [3.05, 3.63) is 18.2 Å². The maximum absolute atomic E-state index is 12.8. The molecule has 6 heteroatoms. The minimum Gasteiger partial charge on any atom is -0.395 e. The summed E-state index contributed by atoms with van der Waals surface area (Å²) in [6.45, 7) is -1.62. The summed E-state index contributed by atoms with van der Waals surface area (Å²) in [5.41, 5.74) is 0. The standard InChI is InChI=1S/C13H21F2N3O/c14-13(15)18-7-6-16-12(18)10-17(8-9-19)11-4-2-1-3-5-11/h6-7,11,13,19H,1-5,8-10H2. The molecule has 1 aromatic rings. The lowest BCUT2D eigenvalue weighted by Gasteiger charge is -2.33. The molecule has 1 saturated carbocycles. The molecule has 0 saturated heterocycles. The number of halogens is 2. The lowest BCUT2D eigenvalue weighted by molar-refractivity contribution is 0.0583. The molecule has 0 unspecified atom stereocenters. The molecule has 19 heavy (non-hydrogen) atoms. The van der Waals surface area contributed by atoms with Gasteiger partial charge >= 0.3 is 6.55 Å². The molecule has 0 aliphatic heterocycles. The normalized spacial score (nSPS) is 17.5. The third kappa shape index (κ3) is 3.73. The van der Waals surface area contributed by atoms with Crippen LogP contribution >= 0.6 is 0 Å². The van der Waals surface area contributed by atoms with Gasteiger partial charge in [-0.2, -0.15) is 8.78 Å². The molecule has 1 heterocycles. The SMILES string of the molecule is OCCN(Cc1nccn1C(F)F)C1CCCCC1.